The van der Waals surface area contributed by atoms with Crippen LogP contribution in [0.15, 0.2) is 6.20 Å². The molecule has 2 aliphatic rings. The molecule has 2 atom stereocenters. The van der Waals surface area contributed by atoms with Gasteiger partial charge in [-0.1, -0.05) is 0 Å². The van der Waals surface area contributed by atoms with Crippen LogP contribution in [0.2, 0.25) is 0 Å². The Morgan fingerprint density at radius 2 is 2.14 bits per heavy atom. The van der Waals surface area contributed by atoms with E-state index in [9.17, 15) is 0 Å². The first-order valence-corrected chi connectivity index (χ1v) is 4.71. The van der Waals surface area contributed by atoms with E-state index in [2.05, 4.69) is 15.5 Å². The maximum absolute atomic E-state index is 4.10. The predicted molar refractivity (Wildman–Crippen MR) is 60.3 cm³/mol. The summed E-state index contributed by atoms with van der Waals surface area (Å²) in [7, 11) is 0. The van der Waals surface area contributed by atoms with Gasteiger partial charge in [-0.3, -0.25) is 5.10 Å². The lowest BCUT2D eigenvalue weighted by molar-refractivity contribution is 0.301. The van der Waals surface area contributed by atoms with Crippen molar-refractivity contribution in [2.24, 2.45) is 0 Å². The van der Waals surface area contributed by atoms with Crippen molar-refractivity contribution in [1.82, 2.24) is 15.5 Å². The number of halogens is 2. The highest BCUT2D eigenvalue weighted by Crippen LogP contribution is 2.32. The van der Waals surface area contributed by atoms with Gasteiger partial charge in [0, 0.05) is 29.8 Å². The van der Waals surface area contributed by atoms with E-state index in [0.717, 1.165) is 6.42 Å². The first-order chi connectivity index (χ1) is 5.93. The monoisotopic (exact) mass is 235 g/mol. The summed E-state index contributed by atoms with van der Waals surface area (Å²) in [5.74, 6) is 0. The molecule has 1 aromatic rings. The number of H-pyrrole nitrogens is 1. The normalized spacial score (nSPS) is 28.3. The van der Waals surface area contributed by atoms with Gasteiger partial charge in [0.15, 0.2) is 0 Å². The van der Waals surface area contributed by atoms with Crippen molar-refractivity contribution < 1.29 is 0 Å². The van der Waals surface area contributed by atoms with Crippen LogP contribution < -0.4 is 5.32 Å². The minimum absolute atomic E-state index is 0. The lowest BCUT2D eigenvalue weighted by Crippen LogP contribution is -2.42. The van der Waals surface area contributed by atoms with Crippen LogP contribution in [0, 0.1) is 0 Å². The van der Waals surface area contributed by atoms with Crippen LogP contribution in [0.1, 0.15) is 36.6 Å². The van der Waals surface area contributed by atoms with Gasteiger partial charge in [-0.05, 0) is 19.3 Å². The molecule has 1 aromatic heterocycles. The maximum atomic E-state index is 4.10. The molecule has 3 heterocycles. The van der Waals surface area contributed by atoms with E-state index in [1.165, 1.54) is 30.5 Å². The summed E-state index contributed by atoms with van der Waals surface area (Å²) < 4.78 is 0. The van der Waals surface area contributed by atoms with Crippen LogP contribution in [0.4, 0.5) is 0 Å². The Bertz CT molecular complexity index is 300. The summed E-state index contributed by atoms with van der Waals surface area (Å²) >= 11 is 0. The summed E-state index contributed by atoms with van der Waals surface area (Å²) in [6.07, 6.45) is 7.10. The molecule has 0 aliphatic carbocycles. The van der Waals surface area contributed by atoms with Crippen LogP contribution >= 0.6 is 24.8 Å². The highest BCUT2D eigenvalue weighted by molar-refractivity contribution is 5.85. The van der Waals surface area contributed by atoms with Gasteiger partial charge < -0.3 is 5.32 Å². The first-order valence-electron chi connectivity index (χ1n) is 4.71. The summed E-state index contributed by atoms with van der Waals surface area (Å²) in [5, 5.41) is 10.8. The molecule has 3 nitrogen and oxygen atoms in total. The molecule has 0 spiro atoms. The van der Waals surface area contributed by atoms with Gasteiger partial charge in [0.1, 0.15) is 0 Å². The highest BCUT2D eigenvalue weighted by atomic mass is 35.5. The summed E-state index contributed by atoms with van der Waals surface area (Å²) in [6, 6.07) is 1.29. The number of hydrogen-bond acceptors (Lipinski definition) is 2. The molecule has 2 N–H and O–H groups in total. The number of aromatic nitrogens is 2. The third-order valence-corrected chi connectivity index (χ3v) is 3.06. The Hall–Kier alpha value is -0.250. The van der Waals surface area contributed by atoms with Crippen molar-refractivity contribution in [2.45, 2.75) is 37.8 Å². The summed E-state index contributed by atoms with van der Waals surface area (Å²) in [5.41, 5.74) is 2.77. The van der Waals surface area contributed by atoms with Crippen molar-refractivity contribution in [2.75, 3.05) is 0 Å². The number of piperidine rings is 1. The lowest BCUT2D eigenvalue weighted by atomic mass is 9.86. The molecule has 80 valence electrons. The standard InChI is InChI=1S/C9H13N3.2ClH/c1-2-6-4-9-7(5-10-12-9)8(3-1)11-6;;/h5-6,8,11H,1-4H2,(H,10,12);2*1H. The third-order valence-electron chi connectivity index (χ3n) is 3.06. The zero-order chi connectivity index (χ0) is 7.97. The molecular weight excluding hydrogens is 221 g/mol. The third kappa shape index (κ3) is 1.76. The zero-order valence-electron chi connectivity index (χ0n) is 7.82. The average Bonchev–Trinajstić information content (AvgIpc) is 2.53. The van der Waals surface area contributed by atoms with E-state index < -0.39 is 0 Å². The van der Waals surface area contributed by atoms with Gasteiger partial charge in [0.25, 0.3) is 0 Å². The average molecular weight is 236 g/mol. The van der Waals surface area contributed by atoms with E-state index >= 15 is 0 Å². The van der Waals surface area contributed by atoms with Crippen molar-refractivity contribution >= 4 is 24.8 Å². The second-order valence-electron chi connectivity index (χ2n) is 3.86. The largest absolute Gasteiger partial charge is 0.307 e. The number of aromatic amines is 1. The van der Waals surface area contributed by atoms with Crippen LogP contribution in [-0.2, 0) is 6.42 Å². The van der Waals surface area contributed by atoms with Gasteiger partial charge in [-0.25, -0.2) is 0 Å². The molecule has 5 heteroatoms. The van der Waals surface area contributed by atoms with Crippen molar-refractivity contribution in [3.63, 3.8) is 0 Å². The van der Waals surface area contributed by atoms with Crippen LogP contribution in [0.3, 0.4) is 0 Å². The number of hydrogen-bond donors (Lipinski definition) is 2. The predicted octanol–water partition coefficient (Wildman–Crippen LogP) is 1.99. The Labute approximate surface area is 95.9 Å². The molecule has 14 heavy (non-hydrogen) atoms. The molecule has 2 aliphatic heterocycles. The molecule has 1 fully saturated rings. The molecule has 0 radical (unpaired) electrons. The minimum Gasteiger partial charge on any atom is -0.307 e. The SMILES string of the molecule is Cl.Cl.c1n[nH]c2c1C1CCCC(C2)N1. The number of rotatable bonds is 0. The maximum Gasteiger partial charge on any atom is 0.0538 e. The van der Waals surface area contributed by atoms with Crippen LogP contribution in [0.5, 0.6) is 0 Å². The minimum atomic E-state index is 0. The Morgan fingerprint density at radius 1 is 1.29 bits per heavy atom. The molecule has 2 unspecified atom stereocenters. The second kappa shape index (κ2) is 4.51. The van der Waals surface area contributed by atoms with Gasteiger partial charge >= 0.3 is 0 Å². The topological polar surface area (TPSA) is 40.7 Å². The second-order valence-corrected chi connectivity index (χ2v) is 3.86. The van der Waals surface area contributed by atoms with Crippen molar-refractivity contribution in [3.05, 3.63) is 17.5 Å². The Kier molecular flexibility index (Phi) is 3.81. The van der Waals surface area contributed by atoms with Gasteiger partial charge in [0.2, 0.25) is 0 Å². The Balaban J connectivity index is 0.000000490. The smallest absolute Gasteiger partial charge is 0.0538 e. The number of fused-ring (bicyclic) bond motifs is 4. The van der Waals surface area contributed by atoms with Crippen molar-refractivity contribution in [3.8, 4) is 0 Å². The Morgan fingerprint density at radius 3 is 3.00 bits per heavy atom. The highest BCUT2D eigenvalue weighted by Gasteiger charge is 2.30. The van der Waals surface area contributed by atoms with Gasteiger partial charge in [0.05, 0.1) is 6.20 Å². The molecule has 2 bridgehead atoms. The van der Waals surface area contributed by atoms with E-state index in [0.29, 0.717) is 12.1 Å². The van der Waals surface area contributed by atoms with E-state index in [4.69, 9.17) is 0 Å². The molecular formula is C9H15Cl2N3. The van der Waals surface area contributed by atoms with E-state index in [1.807, 2.05) is 6.20 Å². The molecule has 3 rings (SSSR count). The summed E-state index contributed by atoms with van der Waals surface area (Å²) in [4.78, 5) is 0. The number of nitrogens with zero attached hydrogens (tertiary/aromatic N) is 1. The van der Waals surface area contributed by atoms with Gasteiger partial charge in [-0.2, -0.15) is 5.10 Å². The molecule has 0 amide bonds. The zero-order valence-corrected chi connectivity index (χ0v) is 9.46. The fraction of sp³-hybridized carbons (Fsp3) is 0.667. The number of nitrogens with one attached hydrogen (secondary N) is 2. The lowest BCUT2D eigenvalue weighted by Gasteiger charge is -2.35. The van der Waals surface area contributed by atoms with Gasteiger partial charge in [-0.15, -0.1) is 24.8 Å². The summed E-state index contributed by atoms with van der Waals surface area (Å²) in [6.45, 7) is 0. The first kappa shape index (κ1) is 11.8. The van der Waals surface area contributed by atoms with Crippen LogP contribution in [0.25, 0.3) is 0 Å². The molecule has 0 saturated carbocycles. The fourth-order valence-corrected chi connectivity index (χ4v) is 2.46. The van der Waals surface area contributed by atoms with Crippen LogP contribution in [-0.4, -0.2) is 16.2 Å². The molecule has 0 aromatic carbocycles. The fourth-order valence-electron chi connectivity index (χ4n) is 2.46. The van der Waals surface area contributed by atoms with E-state index in [1.54, 1.807) is 0 Å². The molecule has 1 saturated heterocycles. The van der Waals surface area contributed by atoms with Crippen molar-refractivity contribution in [1.29, 1.82) is 0 Å². The van der Waals surface area contributed by atoms with E-state index in [-0.39, 0.29) is 24.8 Å². The quantitative estimate of drug-likeness (QED) is 0.723.